The molecule has 2 N–H and O–H groups in total. The van der Waals surface area contributed by atoms with Crippen molar-refractivity contribution in [3.05, 3.63) is 59.2 Å². The van der Waals surface area contributed by atoms with E-state index in [0.717, 1.165) is 54.7 Å². The van der Waals surface area contributed by atoms with Crippen LogP contribution in [0.15, 0.2) is 42.5 Å². The van der Waals surface area contributed by atoms with E-state index in [1.54, 1.807) is 7.11 Å². The number of aliphatic hydroxyl groups excluding tert-OH is 1. The molecule has 0 spiro atoms. The van der Waals surface area contributed by atoms with Gasteiger partial charge in [-0.1, -0.05) is 37.3 Å². The van der Waals surface area contributed by atoms with E-state index in [-0.39, 0.29) is 5.91 Å². The number of carbonyl (C=O) groups is 1. The number of rotatable bonds is 6. The normalized spacial score (nSPS) is 22.3. The Morgan fingerprint density at radius 1 is 1.19 bits per heavy atom. The molecule has 1 fully saturated rings. The molecule has 0 aliphatic carbocycles. The number of nitrogens with zero attached hydrogens (tertiary/aromatic N) is 2. The molecule has 0 bridgehead atoms. The third kappa shape index (κ3) is 4.53. The second-order valence-corrected chi connectivity index (χ2v) is 8.98. The molecule has 2 aromatic carbocycles. The first-order chi connectivity index (χ1) is 15.4. The number of benzene rings is 2. The second-order valence-electron chi connectivity index (χ2n) is 8.98. The Bertz CT molecular complexity index is 963. The molecule has 2 atom stereocenters. The maximum absolute atomic E-state index is 12.3. The molecule has 0 saturated carbocycles. The van der Waals surface area contributed by atoms with Gasteiger partial charge in [0.15, 0.2) is 0 Å². The number of anilines is 1. The summed E-state index contributed by atoms with van der Waals surface area (Å²) in [6.07, 6.45) is 3.21. The Morgan fingerprint density at radius 3 is 2.78 bits per heavy atom. The van der Waals surface area contributed by atoms with Gasteiger partial charge in [0.2, 0.25) is 5.91 Å². The Kier molecular flexibility index (Phi) is 6.84. The smallest absolute Gasteiger partial charge is 0.226 e. The second kappa shape index (κ2) is 9.61. The summed E-state index contributed by atoms with van der Waals surface area (Å²) >= 11 is 0. The van der Waals surface area contributed by atoms with Crippen LogP contribution in [0.3, 0.4) is 0 Å². The van der Waals surface area contributed by atoms with E-state index in [9.17, 15) is 15.0 Å². The summed E-state index contributed by atoms with van der Waals surface area (Å²) in [5.74, 6) is 0.835. The minimum atomic E-state index is -0.999. The van der Waals surface area contributed by atoms with Crippen LogP contribution in [0.4, 0.5) is 5.69 Å². The van der Waals surface area contributed by atoms with Crippen LogP contribution in [-0.4, -0.2) is 54.3 Å². The van der Waals surface area contributed by atoms with Gasteiger partial charge < -0.3 is 19.8 Å². The van der Waals surface area contributed by atoms with Gasteiger partial charge in [-0.05, 0) is 55.5 Å². The summed E-state index contributed by atoms with van der Waals surface area (Å²) in [6, 6.07) is 13.6. The first kappa shape index (κ1) is 22.8. The van der Waals surface area contributed by atoms with Crippen molar-refractivity contribution >= 4 is 11.6 Å². The number of ether oxygens (including phenoxy) is 1. The number of aryl methyl sites for hydroxylation is 1. The molecular weight excluding hydrogens is 404 g/mol. The van der Waals surface area contributed by atoms with Crippen molar-refractivity contribution in [2.24, 2.45) is 0 Å². The van der Waals surface area contributed by atoms with Crippen molar-refractivity contribution in [2.75, 3.05) is 38.2 Å². The number of carbonyl (C=O) groups excluding carboxylic acids is 1. The van der Waals surface area contributed by atoms with Gasteiger partial charge in [0.05, 0.1) is 13.2 Å². The van der Waals surface area contributed by atoms with E-state index in [2.05, 4.69) is 4.90 Å². The number of piperidine rings is 1. The van der Waals surface area contributed by atoms with Gasteiger partial charge in [0.1, 0.15) is 11.4 Å². The number of hydrogen-bond acceptors (Lipinski definition) is 5. The molecule has 0 aromatic heterocycles. The fraction of sp³-hybridized carbons (Fsp3) is 0.500. The van der Waals surface area contributed by atoms with Crippen LogP contribution in [0.5, 0.6) is 5.75 Å². The summed E-state index contributed by atoms with van der Waals surface area (Å²) in [7, 11) is 1.62. The number of methoxy groups -OCH3 is 1. The first-order valence-corrected chi connectivity index (χ1v) is 11.6. The highest BCUT2D eigenvalue weighted by molar-refractivity contribution is 5.94. The largest absolute Gasteiger partial charge is 0.496 e. The average molecular weight is 439 g/mol. The summed E-state index contributed by atoms with van der Waals surface area (Å²) in [5, 5.41) is 22.4. The number of hydrogen-bond donors (Lipinski definition) is 2. The number of aliphatic hydroxyl groups is 2. The monoisotopic (exact) mass is 438 g/mol. The SMILES string of the molecule is CCC(=O)N1CCCc2cc([C@@H](O)CN3CCC[C@](O)(c4ccccc4OC)C3)ccc21. The van der Waals surface area contributed by atoms with Gasteiger partial charge in [-0.3, -0.25) is 9.69 Å². The summed E-state index contributed by atoms with van der Waals surface area (Å²) < 4.78 is 5.48. The molecule has 0 unspecified atom stereocenters. The molecule has 2 heterocycles. The maximum Gasteiger partial charge on any atom is 0.226 e. The predicted molar refractivity (Wildman–Crippen MR) is 125 cm³/mol. The van der Waals surface area contributed by atoms with Crippen molar-refractivity contribution in [3.8, 4) is 5.75 Å². The lowest BCUT2D eigenvalue weighted by atomic mass is 9.85. The summed E-state index contributed by atoms with van der Waals surface area (Å²) in [5.41, 5.74) is 2.76. The molecular formula is C26H34N2O4. The zero-order chi connectivity index (χ0) is 22.7. The Morgan fingerprint density at radius 2 is 2.00 bits per heavy atom. The van der Waals surface area contributed by atoms with Crippen LogP contribution >= 0.6 is 0 Å². The highest BCUT2D eigenvalue weighted by atomic mass is 16.5. The van der Waals surface area contributed by atoms with Gasteiger partial charge in [0.25, 0.3) is 0 Å². The molecule has 4 rings (SSSR count). The average Bonchev–Trinajstić information content (AvgIpc) is 2.82. The van der Waals surface area contributed by atoms with E-state index in [1.165, 1.54) is 0 Å². The predicted octanol–water partition coefficient (Wildman–Crippen LogP) is 3.40. The summed E-state index contributed by atoms with van der Waals surface area (Å²) in [6.45, 7) is 4.39. The number of β-amino-alcohol motifs (C(OH)–C–C–N with tert-alkyl or cyclic N) is 2. The molecule has 6 heteroatoms. The Hall–Kier alpha value is -2.41. The van der Waals surface area contributed by atoms with Crippen molar-refractivity contribution in [3.63, 3.8) is 0 Å². The van der Waals surface area contributed by atoms with Crippen LogP contribution in [0.1, 0.15) is 55.4 Å². The molecule has 2 aliphatic heterocycles. The van der Waals surface area contributed by atoms with Crippen LogP contribution in [0, 0.1) is 0 Å². The number of likely N-dealkylation sites (tertiary alicyclic amines) is 1. The third-order valence-corrected chi connectivity index (χ3v) is 6.80. The Balaban J connectivity index is 1.48. The van der Waals surface area contributed by atoms with Crippen molar-refractivity contribution in [1.29, 1.82) is 0 Å². The molecule has 2 aromatic rings. The van der Waals surface area contributed by atoms with Gasteiger partial charge in [-0.25, -0.2) is 0 Å². The van der Waals surface area contributed by atoms with Crippen molar-refractivity contribution in [2.45, 2.75) is 50.7 Å². The van der Waals surface area contributed by atoms with E-state index in [1.807, 2.05) is 54.3 Å². The van der Waals surface area contributed by atoms with E-state index in [4.69, 9.17) is 4.74 Å². The molecule has 1 saturated heterocycles. The number of para-hydroxylation sites is 1. The lowest BCUT2D eigenvalue weighted by Crippen LogP contribution is -2.47. The van der Waals surface area contributed by atoms with Crippen LogP contribution < -0.4 is 9.64 Å². The molecule has 172 valence electrons. The number of amides is 1. The van der Waals surface area contributed by atoms with Crippen molar-refractivity contribution in [1.82, 2.24) is 4.90 Å². The lowest BCUT2D eigenvalue weighted by Gasteiger charge is -2.40. The van der Waals surface area contributed by atoms with E-state index < -0.39 is 11.7 Å². The van der Waals surface area contributed by atoms with Crippen LogP contribution in [0.25, 0.3) is 0 Å². The van der Waals surface area contributed by atoms with Gasteiger partial charge >= 0.3 is 0 Å². The summed E-state index contributed by atoms with van der Waals surface area (Å²) in [4.78, 5) is 16.3. The topological polar surface area (TPSA) is 73.2 Å². The first-order valence-electron chi connectivity index (χ1n) is 11.6. The molecule has 6 nitrogen and oxygen atoms in total. The fourth-order valence-electron chi connectivity index (χ4n) is 5.15. The van der Waals surface area contributed by atoms with Crippen molar-refractivity contribution < 1.29 is 19.7 Å². The highest BCUT2D eigenvalue weighted by Gasteiger charge is 2.37. The molecule has 1 amide bonds. The maximum atomic E-state index is 12.3. The highest BCUT2D eigenvalue weighted by Crippen LogP contribution is 2.37. The lowest BCUT2D eigenvalue weighted by molar-refractivity contribution is -0.118. The number of fused-ring (bicyclic) bond motifs is 1. The van der Waals surface area contributed by atoms with Crippen LogP contribution in [0.2, 0.25) is 0 Å². The molecule has 2 aliphatic rings. The van der Waals surface area contributed by atoms with Gasteiger partial charge in [-0.2, -0.15) is 0 Å². The van der Waals surface area contributed by atoms with Gasteiger partial charge in [0, 0.05) is 37.3 Å². The van der Waals surface area contributed by atoms with E-state index >= 15 is 0 Å². The standard InChI is InChI=1S/C26H34N2O4/c1-3-25(30)28-15-6-8-19-16-20(11-12-22(19)28)23(29)17-27-14-7-13-26(31,18-27)21-9-4-5-10-24(21)32-2/h4-5,9-12,16,23,29,31H,3,6-8,13-15,17-18H2,1-2H3/t23-,26+/m0/s1. The zero-order valence-corrected chi connectivity index (χ0v) is 19.1. The van der Waals surface area contributed by atoms with Crippen LogP contribution in [-0.2, 0) is 16.8 Å². The quantitative estimate of drug-likeness (QED) is 0.723. The molecule has 32 heavy (non-hydrogen) atoms. The fourth-order valence-corrected chi connectivity index (χ4v) is 5.15. The minimum Gasteiger partial charge on any atom is -0.496 e. The zero-order valence-electron chi connectivity index (χ0n) is 19.1. The molecule has 0 radical (unpaired) electrons. The Labute approximate surface area is 190 Å². The van der Waals surface area contributed by atoms with E-state index in [0.29, 0.717) is 31.7 Å². The van der Waals surface area contributed by atoms with Gasteiger partial charge in [-0.15, -0.1) is 0 Å². The minimum absolute atomic E-state index is 0.142. The third-order valence-electron chi connectivity index (χ3n) is 6.80.